The van der Waals surface area contributed by atoms with Crippen LogP contribution >= 0.6 is 11.8 Å². The summed E-state index contributed by atoms with van der Waals surface area (Å²) in [4.78, 5) is 6.22. The van der Waals surface area contributed by atoms with Crippen molar-refractivity contribution in [2.24, 2.45) is 5.73 Å². The summed E-state index contributed by atoms with van der Waals surface area (Å²) >= 11 is 1.68. The Morgan fingerprint density at radius 3 is 2.79 bits per heavy atom. The Labute approximate surface area is 118 Å². The van der Waals surface area contributed by atoms with Gasteiger partial charge < -0.3 is 10.6 Å². The van der Waals surface area contributed by atoms with Crippen LogP contribution in [0, 0.1) is 0 Å². The molecule has 19 heavy (non-hydrogen) atoms. The summed E-state index contributed by atoms with van der Waals surface area (Å²) in [5.41, 5.74) is 7.42. The van der Waals surface area contributed by atoms with E-state index in [2.05, 4.69) is 4.98 Å². The molecule has 1 aliphatic rings. The molecule has 0 amide bonds. The summed E-state index contributed by atoms with van der Waals surface area (Å²) in [6.07, 6.45) is 3.01. The van der Waals surface area contributed by atoms with Crippen LogP contribution in [0.4, 0.5) is 5.69 Å². The van der Waals surface area contributed by atoms with Crippen LogP contribution < -0.4 is 10.6 Å². The Kier molecular flexibility index (Phi) is 4.37. The van der Waals surface area contributed by atoms with Crippen LogP contribution in [0.5, 0.6) is 0 Å². The Balaban J connectivity index is 2.27. The zero-order valence-electron chi connectivity index (χ0n) is 11.1. The van der Waals surface area contributed by atoms with E-state index in [4.69, 9.17) is 5.73 Å². The van der Waals surface area contributed by atoms with Gasteiger partial charge >= 0.3 is 0 Å². The summed E-state index contributed by atoms with van der Waals surface area (Å²) < 4.78 is 23.7. The number of thioether (sulfide) groups is 1. The lowest BCUT2D eigenvalue weighted by atomic mass is 10.2. The zero-order chi connectivity index (χ0) is 14.0. The molecule has 2 N–H and O–H groups in total. The van der Waals surface area contributed by atoms with E-state index >= 15 is 0 Å². The molecule has 0 bridgehead atoms. The van der Waals surface area contributed by atoms with Crippen molar-refractivity contribution < 1.29 is 8.42 Å². The average molecular weight is 301 g/mol. The maximum absolute atomic E-state index is 11.8. The predicted molar refractivity (Wildman–Crippen MR) is 80.1 cm³/mol. The van der Waals surface area contributed by atoms with E-state index < -0.39 is 15.2 Å². The monoisotopic (exact) mass is 301 g/mol. The van der Waals surface area contributed by atoms with E-state index in [-0.39, 0.29) is 6.04 Å². The van der Waals surface area contributed by atoms with Gasteiger partial charge in [-0.05, 0) is 19.1 Å². The lowest BCUT2D eigenvalue weighted by molar-refractivity contribution is 0.584. The van der Waals surface area contributed by atoms with E-state index in [1.165, 1.54) is 6.26 Å². The number of anilines is 1. The summed E-state index contributed by atoms with van der Waals surface area (Å²) in [7, 11) is -3.10. The lowest BCUT2D eigenvalue weighted by Gasteiger charge is -2.35. The second-order valence-corrected chi connectivity index (χ2v) is 8.14. The van der Waals surface area contributed by atoms with E-state index in [0.717, 1.165) is 23.7 Å². The molecule has 2 atom stereocenters. The molecule has 1 aromatic rings. The van der Waals surface area contributed by atoms with Gasteiger partial charge in [-0.2, -0.15) is 11.8 Å². The van der Waals surface area contributed by atoms with Gasteiger partial charge in [-0.15, -0.1) is 0 Å². The number of nitrogens with two attached hydrogens (primary N) is 1. The highest BCUT2D eigenvalue weighted by atomic mass is 32.2. The number of sulfone groups is 1. The molecular formula is C12H19N3O2S2. The fraction of sp³-hybridized carbons (Fsp3) is 0.583. The molecule has 7 heteroatoms. The SMILES string of the molecule is CC(N)c1ccc(N2CCSCC2S(C)(=O)=O)cn1. The maximum Gasteiger partial charge on any atom is 0.169 e. The van der Waals surface area contributed by atoms with E-state index in [1.807, 2.05) is 24.0 Å². The fourth-order valence-electron chi connectivity index (χ4n) is 2.07. The third-order valence-electron chi connectivity index (χ3n) is 3.15. The molecule has 2 heterocycles. The third-order valence-corrected chi connectivity index (χ3v) is 5.79. The molecule has 0 spiro atoms. The van der Waals surface area contributed by atoms with Gasteiger partial charge in [-0.25, -0.2) is 8.42 Å². The first kappa shape index (κ1) is 14.6. The first-order valence-corrected chi connectivity index (χ1v) is 9.25. The van der Waals surface area contributed by atoms with Crippen molar-refractivity contribution in [3.05, 3.63) is 24.0 Å². The van der Waals surface area contributed by atoms with Crippen LogP contribution in [-0.2, 0) is 9.84 Å². The largest absolute Gasteiger partial charge is 0.352 e. The number of rotatable bonds is 3. The molecule has 1 aliphatic heterocycles. The topological polar surface area (TPSA) is 76.3 Å². The minimum Gasteiger partial charge on any atom is -0.352 e. The average Bonchev–Trinajstić information content (AvgIpc) is 2.38. The second kappa shape index (κ2) is 5.68. The number of hydrogen-bond acceptors (Lipinski definition) is 6. The number of pyridine rings is 1. The van der Waals surface area contributed by atoms with Crippen LogP contribution in [0.3, 0.4) is 0 Å². The highest BCUT2D eigenvalue weighted by molar-refractivity contribution is 8.01. The van der Waals surface area contributed by atoms with Gasteiger partial charge in [-0.3, -0.25) is 4.98 Å². The van der Waals surface area contributed by atoms with Gasteiger partial charge in [0.25, 0.3) is 0 Å². The normalized spacial score (nSPS) is 22.3. The fourth-order valence-corrected chi connectivity index (χ4v) is 4.91. The highest BCUT2D eigenvalue weighted by Crippen LogP contribution is 2.26. The predicted octanol–water partition coefficient (Wildman–Crippen LogP) is 1.03. The summed E-state index contributed by atoms with van der Waals surface area (Å²) in [6.45, 7) is 2.60. The van der Waals surface area contributed by atoms with Crippen LogP contribution in [-0.4, -0.2) is 43.1 Å². The molecule has 1 aromatic heterocycles. The molecule has 5 nitrogen and oxygen atoms in total. The second-order valence-electron chi connectivity index (χ2n) is 4.78. The van der Waals surface area contributed by atoms with Crippen LogP contribution in [0.15, 0.2) is 18.3 Å². The molecule has 2 unspecified atom stereocenters. The van der Waals surface area contributed by atoms with Crippen molar-refractivity contribution in [1.29, 1.82) is 0 Å². The van der Waals surface area contributed by atoms with Crippen LogP contribution in [0.25, 0.3) is 0 Å². The third kappa shape index (κ3) is 3.40. The first-order valence-electron chi connectivity index (χ1n) is 6.14. The Bertz CT molecular complexity index is 528. The molecule has 106 valence electrons. The number of aromatic nitrogens is 1. The Hall–Kier alpha value is -0.790. The maximum atomic E-state index is 11.8. The Morgan fingerprint density at radius 1 is 1.53 bits per heavy atom. The molecule has 2 rings (SSSR count). The van der Waals surface area contributed by atoms with Gasteiger partial charge in [0.15, 0.2) is 9.84 Å². The smallest absolute Gasteiger partial charge is 0.169 e. The summed E-state index contributed by atoms with van der Waals surface area (Å²) in [5.74, 6) is 1.54. The molecule has 0 aliphatic carbocycles. The van der Waals surface area contributed by atoms with Gasteiger partial charge in [0, 0.05) is 30.3 Å². The molecule has 0 saturated carbocycles. The lowest BCUT2D eigenvalue weighted by Crippen LogP contribution is -2.47. The van der Waals surface area contributed by atoms with Crippen molar-refractivity contribution >= 4 is 27.3 Å². The van der Waals surface area contributed by atoms with Crippen LogP contribution in [0.2, 0.25) is 0 Å². The summed E-state index contributed by atoms with van der Waals surface area (Å²) in [6, 6.07) is 3.65. The van der Waals surface area contributed by atoms with Gasteiger partial charge in [0.2, 0.25) is 0 Å². The first-order chi connectivity index (χ1) is 8.89. The summed E-state index contributed by atoms with van der Waals surface area (Å²) in [5, 5.41) is -0.464. The standard InChI is InChI=1S/C12H19N3O2S2/c1-9(13)11-4-3-10(7-14-11)15-5-6-18-8-12(15)19(2,16)17/h3-4,7,9,12H,5-6,8,13H2,1-2H3. The molecular weight excluding hydrogens is 282 g/mol. The van der Waals surface area contributed by atoms with Crippen molar-refractivity contribution in [3.8, 4) is 0 Å². The van der Waals surface area contributed by atoms with Gasteiger partial charge in [-0.1, -0.05) is 0 Å². The molecule has 1 saturated heterocycles. The quantitative estimate of drug-likeness (QED) is 0.898. The minimum absolute atomic E-state index is 0.114. The van der Waals surface area contributed by atoms with E-state index in [9.17, 15) is 8.42 Å². The number of hydrogen-bond donors (Lipinski definition) is 1. The number of nitrogens with zero attached hydrogens (tertiary/aromatic N) is 2. The Morgan fingerprint density at radius 2 is 2.26 bits per heavy atom. The van der Waals surface area contributed by atoms with Crippen molar-refractivity contribution in [2.75, 3.05) is 29.2 Å². The van der Waals surface area contributed by atoms with Gasteiger partial charge in [0.05, 0.1) is 17.6 Å². The molecule has 0 aromatic carbocycles. The molecule has 0 radical (unpaired) electrons. The van der Waals surface area contributed by atoms with E-state index in [1.54, 1.807) is 18.0 Å². The van der Waals surface area contributed by atoms with Crippen LogP contribution in [0.1, 0.15) is 18.7 Å². The van der Waals surface area contributed by atoms with Crippen molar-refractivity contribution in [3.63, 3.8) is 0 Å². The zero-order valence-corrected chi connectivity index (χ0v) is 12.7. The minimum atomic E-state index is -3.10. The molecule has 1 fully saturated rings. The van der Waals surface area contributed by atoms with E-state index in [0.29, 0.717) is 5.75 Å². The van der Waals surface area contributed by atoms with Gasteiger partial charge in [0.1, 0.15) is 5.37 Å². The van der Waals surface area contributed by atoms with Crippen molar-refractivity contribution in [1.82, 2.24) is 4.98 Å². The highest BCUT2D eigenvalue weighted by Gasteiger charge is 2.31. The van der Waals surface area contributed by atoms with Crippen molar-refractivity contribution in [2.45, 2.75) is 18.3 Å².